The third-order valence-corrected chi connectivity index (χ3v) is 2.50. The summed E-state index contributed by atoms with van der Waals surface area (Å²) in [6, 6.07) is 0.195. The fourth-order valence-corrected chi connectivity index (χ4v) is 1.51. The largest absolute Gasteiger partial charge is 0.480 e. The molecular weight excluding hydrogens is 277 g/mol. The molecule has 20 heavy (non-hydrogen) atoms. The van der Waals surface area contributed by atoms with E-state index in [0.29, 0.717) is 12.3 Å². The molecule has 0 aromatic carbocycles. The molecule has 0 aliphatic heterocycles. The van der Waals surface area contributed by atoms with Crippen LogP contribution in [0.25, 0.3) is 0 Å². The minimum Gasteiger partial charge on any atom is -0.480 e. The van der Waals surface area contributed by atoms with E-state index in [4.69, 9.17) is 5.11 Å². The summed E-state index contributed by atoms with van der Waals surface area (Å²) in [5.41, 5.74) is -1.35. The van der Waals surface area contributed by atoms with Gasteiger partial charge >= 0.3 is 12.1 Å². The quantitative estimate of drug-likeness (QED) is 0.921. The fraction of sp³-hybridized carbons (Fsp3) is 0.417. The first kappa shape index (κ1) is 15.9. The number of alkyl halides is 3. The van der Waals surface area contributed by atoms with Crippen LogP contribution in [0.1, 0.15) is 29.8 Å². The van der Waals surface area contributed by atoms with Crippen molar-refractivity contribution in [2.45, 2.75) is 26.1 Å². The molecule has 1 aromatic rings. The van der Waals surface area contributed by atoms with E-state index in [9.17, 15) is 22.8 Å². The van der Waals surface area contributed by atoms with Crippen LogP contribution >= 0.6 is 0 Å². The smallest absolute Gasteiger partial charge is 0.417 e. The van der Waals surface area contributed by atoms with Gasteiger partial charge in [0.1, 0.15) is 6.54 Å². The molecule has 110 valence electrons. The first-order valence-electron chi connectivity index (χ1n) is 5.68. The minimum absolute atomic E-state index is 0.297. The van der Waals surface area contributed by atoms with E-state index in [0.717, 1.165) is 11.1 Å². The number of aromatic nitrogens is 1. The molecule has 0 aliphatic carbocycles. The van der Waals surface area contributed by atoms with Crippen molar-refractivity contribution in [1.29, 1.82) is 0 Å². The van der Waals surface area contributed by atoms with Crippen LogP contribution in [0.4, 0.5) is 13.2 Å². The molecule has 0 radical (unpaired) electrons. The summed E-state index contributed by atoms with van der Waals surface area (Å²) >= 11 is 0. The van der Waals surface area contributed by atoms with Crippen molar-refractivity contribution in [2.75, 3.05) is 6.54 Å². The predicted molar refractivity (Wildman–Crippen MR) is 63.0 cm³/mol. The molecule has 0 fully saturated rings. The minimum atomic E-state index is -4.61. The summed E-state index contributed by atoms with van der Waals surface area (Å²) in [6.07, 6.45) is -3.03. The lowest BCUT2D eigenvalue weighted by atomic mass is 10.1. The lowest BCUT2D eigenvalue weighted by molar-refractivity contribution is -0.139. The van der Waals surface area contributed by atoms with Gasteiger partial charge in [-0.15, -0.1) is 0 Å². The number of carboxylic acid groups (broad SMARTS) is 1. The van der Waals surface area contributed by atoms with Crippen LogP contribution in [0.15, 0.2) is 18.5 Å². The van der Waals surface area contributed by atoms with Crippen molar-refractivity contribution in [1.82, 2.24) is 9.88 Å². The maximum Gasteiger partial charge on any atom is 0.417 e. The van der Waals surface area contributed by atoms with E-state index in [2.05, 4.69) is 4.98 Å². The third-order valence-electron chi connectivity index (χ3n) is 2.50. The maximum absolute atomic E-state index is 12.5. The van der Waals surface area contributed by atoms with Gasteiger partial charge in [0, 0.05) is 18.4 Å². The van der Waals surface area contributed by atoms with E-state index in [1.54, 1.807) is 13.8 Å². The van der Waals surface area contributed by atoms with Gasteiger partial charge in [-0.2, -0.15) is 13.2 Å². The fourth-order valence-electron chi connectivity index (χ4n) is 1.51. The highest BCUT2D eigenvalue weighted by atomic mass is 19.4. The Hall–Kier alpha value is -2.12. The van der Waals surface area contributed by atoms with Gasteiger partial charge in [0.2, 0.25) is 0 Å². The third kappa shape index (κ3) is 3.94. The molecule has 0 spiro atoms. The van der Waals surface area contributed by atoms with Gasteiger partial charge < -0.3 is 10.0 Å². The predicted octanol–water partition coefficient (Wildman–Crippen LogP) is 2.04. The standard InChI is InChI=1S/C12H13F3N2O3/c1-7(2)17(6-10(18)19)11(20)8-3-9(5-16-4-8)12(13,14)15/h3-5,7H,6H2,1-2H3,(H,18,19). The lowest BCUT2D eigenvalue weighted by Gasteiger charge is -2.25. The van der Waals surface area contributed by atoms with Gasteiger partial charge in [-0.3, -0.25) is 14.6 Å². The second kappa shape index (κ2) is 5.89. The van der Waals surface area contributed by atoms with E-state index in [1.165, 1.54) is 0 Å². The van der Waals surface area contributed by atoms with Crippen LogP contribution in [0.2, 0.25) is 0 Å². The van der Waals surface area contributed by atoms with Gasteiger partial charge in [0.05, 0.1) is 11.1 Å². The first-order chi connectivity index (χ1) is 9.12. The van der Waals surface area contributed by atoms with E-state index < -0.39 is 36.2 Å². The van der Waals surface area contributed by atoms with E-state index in [-0.39, 0.29) is 5.56 Å². The molecule has 1 aromatic heterocycles. The molecule has 0 saturated heterocycles. The van der Waals surface area contributed by atoms with Gasteiger partial charge in [-0.25, -0.2) is 0 Å². The van der Waals surface area contributed by atoms with Crippen LogP contribution in [-0.2, 0) is 11.0 Å². The highest BCUT2D eigenvalue weighted by Gasteiger charge is 2.32. The van der Waals surface area contributed by atoms with Gasteiger partial charge in [0.25, 0.3) is 5.91 Å². The lowest BCUT2D eigenvalue weighted by Crippen LogP contribution is -2.40. The number of carbonyl (C=O) groups is 2. The Kier molecular flexibility index (Phi) is 4.69. The van der Waals surface area contributed by atoms with Crippen LogP contribution in [-0.4, -0.2) is 39.5 Å². The monoisotopic (exact) mass is 290 g/mol. The average molecular weight is 290 g/mol. The number of pyridine rings is 1. The zero-order chi connectivity index (χ0) is 15.5. The summed E-state index contributed by atoms with van der Waals surface area (Å²) in [6.45, 7) is 2.55. The molecule has 0 atom stereocenters. The molecule has 5 nitrogen and oxygen atoms in total. The van der Waals surface area contributed by atoms with Crippen molar-refractivity contribution in [3.8, 4) is 0 Å². The van der Waals surface area contributed by atoms with Gasteiger partial charge in [0.15, 0.2) is 0 Å². The van der Waals surface area contributed by atoms with E-state index >= 15 is 0 Å². The summed E-state index contributed by atoms with van der Waals surface area (Å²) in [4.78, 5) is 27.1. The number of hydrogen-bond acceptors (Lipinski definition) is 3. The Morgan fingerprint density at radius 2 is 1.95 bits per heavy atom. The molecule has 0 saturated carbocycles. The van der Waals surface area contributed by atoms with Crippen LogP contribution in [0, 0.1) is 0 Å². The second-order valence-corrected chi connectivity index (χ2v) is 4.38. The van der Waals surface area contributed by atoms with Gasteiger partial charge in [-0.05, 0) is 19.9 Å². The second-order valence-electron chi connectivity index (χ2n) is 4.38. The zero-order valence-electron chi connectivity index (χ0n) is 10.8. The first-order valence-corrected chi connectivity index (χ1v) is 5.68. The van der Waals surface area contributed by atoms with Crippen LogP contribution < -0.4 is 0 Å². The maximum atomic E-state index is 12.5. The number of nitrogens with zero attached hydrogens (tertiary/aromatic N) is 2. The highest BCUT2D eigenvalue weighted by molar-refractivity contribution is 5.95. The number of amides is 1. The molecule has 1 N–H and O–H groups in total. The Balaban J connectivity index is 3.09. The van der Waals surface area contributed by atoms with Crippen molar-refractivity contribution >= 4 is 11.9 Å². The molecule has 8 heteroatoms. The number of aliphatic carboxylic acids is 1. The van der Waals surface area contributed by atoms with Crippen molar-refractivity contribution in [2.24, 2.45) is 0 Å². The Labute approximate surface area is 113 Å². The number of carboxylic acids is 1. The number of rotatable bonds is 4. The Morgan fingerprint density at radius 3 is 2.40 bits per heavy atom. The number of hydrogen-bond donors (Lipinski definition) is 1. The molecule has 0 unspecified atom stereocenters. The molecule has 1 rings (SSSR count). The number of carbonyl (C=O) groups excluding carboxylic acids is 1. The summed E-state index contributed by atoms with van der Waals surface area (Å²) in [5.74, 6) is -2.05. The zero-order valence-corrected chi connectivity index (χ0v) is 10.8. The molecule has 0 aliphatic rings. The molecule has 0 bridgehead atoms. The topological polar surface area (TPSA) is 70.5 Å². The average Bonchev–Trinajstić information content (AvgIpc) is 2.33. The van der Waals surface area contributed by atoms with Crippen LogP contribution in [0.3, 0.4) is 0 Å². The summed E-state index contributed by atoms with van der Waals surface area (Å²) in [5, 5.41) is 8.72. The van der Waals surface area contributed by atoms with Crippen LogP contribution in [0.5, 0.6) is 0 Å². The highest BCUT2D eigenvalue weighted by Crippen LogP contribution is 2.29. The van der Waals surface area contributed by atoms with Crippen molar-refractivity contribution in [3.05, 3.63) is 29.6 Å². The summed E-state index contributed by atoms with van der Waals surface area (Å²) in [7, 11) is 0. The molecule has 1 amide bonds. The summed E-state index contributed by atoms with van der Waals surface area (Å²) < 4.78 is 37.6. The van der Waals surface area contributed by atoms with Crippen molar-refractivity contribution in [3.63, 3.8) is 0 Å². The van der Waals surface area contributed by atoms with Gasteiger partial charge in [-0.1, -0.05) is 0 Å². The number of halogens is 3. The Morgan fingerprint density at radius 1 is 1.35 bits per heavy atom. The molecular formula is C12H13F3N2O3. The molecule has 1 heterocycles. The normalized spacial score (nSPS) is 11.5. The Bertz CT molecular complexity index is 515. The SMILES string of the molecule is CC(C)N(CC(=O)O)C(=O)c1cncc(C(F)(F)F)c1. The van der Waals surface area contributed by atoms with E-state index in [1.807, 2.05) is 0 Å². The van der Waals surface area contributed by atoms with Crippen molar-refractivity contribution < 1.29 is 27.9 Å².